The van der Waals surface area contributed by atoms with Gasteiger partial charge in [-0.25, -0.2) is 9.59 Å². The van der Waals surface area contributed by atoms with Gasteiger partial charge in [0.2, 0.25) is 5.91 Å². The molecule has 0 bridgehead atoms. The van der Waals surface area contributed by atoms with E-state index in [-0.39, 0.29) is 38.2 Å². The van der Waals surface area contributed by atoms with E-state index in [4.69, 9.17) is 28.4 Å². The van der Waals surface area contributed by atoms with Crippen molar-refractivity contribution in [2.75, 3.05) is 13.2 Å². The Morgan fingerprint density at radius 2 is 1.56 bits per heavy atom. The first kappa shape index (κ1) is 52.5. The third-order valence-corrected chi connectivity index (χ3v) is 12.4. The number of alkyl halides is 3. The third-order valence-electron chi connectivity index (χ3n) is 12.4. The average Bonchev–Trinajstić information content (AvgIpc) is 3.30. The summed E-state index contributed by atoms with van der Waals surface area (Å²) >= 11 is 0. The largest absolute Gasteiger partial charge is 0.471 e. The molecular weight excluding hydrogens is 915 g/mol. The number of halogens is 3. The minimum atomic E-state index is -5.36. The number of rotatable bonds is 17. The fraction of sp³-hybridized carbons (Fsp3) is 0.674. The van der Waals surface area contributed by atoms with Crippen LogP contribution in [0, 0.1) is 5.92 Å². The van der Waals surface area contributed by atoms with Crippen LogP contribution in [0.15, 0.2) is 46.0 Å². The zero-order valence-corrected chi connectivity index (χ0v) is 36.9. The smallest absolute Gasteiger partial charge is 0.459 e. The number of aliphatic hydroxyl groups excluding tert-OH is 5. The second kappa shape index (κ2) is 23.7. The van der Waals surface area contributed by atoms with Crippen LogP contribution in [0.4, 0.5) is 13.2 Å². The zero-order valence-electron chi connectivity index (χ0n) is 36.9. The van der Waals surface area contributed by atoms with Gasteiger partial charge in [0, 0.05) is 6.07 Å². The molecule has 5 unspecified atom stereocenters. The van der Waals surface area contributed by atoms with Gasteiger partial charge in [-0.05, 0) is 44.1 Å². The molecule has 2 saturated carbocycles. The first-order chi connectivity index (χ1) is 32.3. The molecule has 3 amide bonds. The van der Waals surface area contributed by atoms with E-state index in [1.54, 1.807) is 30.3 Å². The summed E-state index contributed by atoms with van der Waals surface area (Å²) in [5.74, 6) is -5.59. The van der Waals surface area contributed by atoms with E-state index >= 15 is 0 Å². The van der Waals surface area contributed by atoms with Crippen molar-refractivity contribution in [3.05, 3.63) is 68.5 Å². The molecule has 3 heterocycles. The van der Waals surface area contributed by atoms with Gasteiger partial charge in [0.25, 0.3) is 11.5 Å². The van der Waals surface area contributed by atoms with Crippen LogP contribution in [0.3, 0.4) is 0 Å². The molecular formula is C43H58F3N5O17. The minimum absolute atomic E-state index is 0.0264. The van der Waals surface area contributed by atoms with Crippen molar-refractivity contribution in [1.29, 1.82) is 0 Å². The van der Waals surface area contributed by atoms with Crippen molar-refractivity contribution >= 4 is 23.7 Å². The first-order valence-corrected chi connectivity index (χ1v) is 22.4. The maximum absolute atomic E-state index is 14.0. The summed E-state index contributed by atoms with van der Waals surface area (Å²) in [7, 11) is 0. The molecule has 4 fully saturated rings. The van der Waals surface area contributed by atoms with Crippen molar-refractivity contribution in [3.8, 4) is 0 Å². The summed E-state index contributed by atoms with van der Waals surface area (Å²) < 4.78 is 76.0. The van der Waals surface area contributed by atoms with Gasteiger partial charge in [-0.15, -0.1) is 0 Å². The minimum Gasteiger partial charge on any atom is -0.459 e. The topological polar surface area (TPSA) is 327 Å². The van der Waals surface area contributed by atoms with Gasteiger partial charge in [-0.2, -0.15) is 13.2 Å². The van der Waals surface area contributed by atoms with E-state index in [0.29, 0.717) is 5.56 Å². The van der Waals surface area contributed by atoms with Gasteiger partial charge in [0.05, 0.1) is 31.4 Å². The van der Waals surface area contributed by atoms with Gasteiger partial charge in [-0.3, -0.25) is 24.2 Å². The molecule has 4 aliphatic rings. The van der Waals surface area contributed by atoms with E-state index in [2.05, 4.69) is 15.6 Å². The highest BCUT2D eigenvalue weighted by atomic mass is 19.4. The molecule has 68 heavy (non-hydrogen) atoms. The molecule has 1 aromatic heterocycles. The predicted octanol–water partition coefficient (Wildman–Crippen LogP) is -1.35. The molecule has 0 spiro atoms. The van der Waals surface area contributed by atoms with Crippen molar-refractivity contribution in [2.45, 2.75) is 163 Å². The number of aliphatic hydroxyl groups is 5. The highest BCUT2D eigenvalue weighted by molar-refractivity contribution is 5.92. The lowest BCUT2D eigenvalue weighted by Crippen LogP contribution is -2.68. The molecule has 6 rings (SSSR count). The summed E-state index contributed by atoms with van der Waals surface area (Å²) in [6.07, 6.45) is -20.1. The van der Waals surface area contributed by atoms with E-state index in [0.717, 1.165) is 38.2 Å². The second-order valence-corrected chi connectivity index (χ2v) is 17.4. The molecule has 2 aliphatic carbocycles. The Kier molecular flexibility index (Phi) is 18.3. The quantitative estimate of drug-likeness (QED) is 0.0820. The maximum Gasteiger partial charge on any atom is 0.471 e. The summed E-state index contributed by atoms with van der Waals surface area (Å²) in [5, 5.41) is 60.8. The monoisotopic (exact) mass is 973 g/mol. The van der Waals surface area contributed by atoms with Gasteiger partial charge >= 0.3 is 23.7 Å². The number of hydrogen-bond donors (Lipinski definition) is 10. The first-order valence-electron chi connectivity index (χ1n) is 22.4. The molecule has 0 radical (unpaired) electrons. The third kappa shape index (κ3) is 13.7. The lowest BCUT2D eigenvalue weighted by molar-refractivity contribution is -0.334. The van der Waals surface area contributed by atoms with Crippen LogP contribution in [0.5, 0.6) is 0 Å². The Balaban J connectivity index is 1.35. The molecule has 14 atom stereocenters. The van der Waals surface area contributed by atoms with Crippen LogP contribution in [0.1, 0.15) is 80.8 Å². The predicted molar refractivity (Wildman–Crippen MR) is 224 cm³/mol. The number of amides is 3. The molecule has 10 N–H and O–H groups in total. The van der Waals surface area contributed by atoms with Crippen LogP contribution in [-0.4, -0.2) is 164 Å². The molecule has 2 saturated heterocycles. The van der Waals surface area contributed by atoms with Crippen LogP contribution in [0.25, 0.3) is 0 Å². The highest BCUT2D eigenvalue weighted by Crippen LogP contribution is 2.35. The Morgan fingerprint density at radius 3 is 2.24 bits per heavy atom. The number of aromatic nitrogens is 2. The van der Waals surface area contributed by atoms with Crippen molar-refractivity contribution < 1.29 is 86.3 Å². The van der Waals surface area contributed by atoms with Gasteiger partial charge in [0.15, 0.2) is 18.7 Å². The van der Waals surface area contributed by atoms with Crippen LogP contribution < -0.4 is 27.2 Å². The number of esters is 1. The Bertz CT molecular complexity index is 2100. The fourth-order valence-corrected chi connectivity index (χ4v) is 8.84. The number of carbonyl (C=O) groups is 4. The SMILES string of the molecule is CC1O[C@@H](O[C@@H]2C(NC(=O)c3cc(=O)[nH]c(=O)[nH]3)CCC[C@H]2O[C@@H]2O[C@@H](CO)[C@H](O)C(O[C@@H](CC3CCCCC3)C(=O)OCc3ccccc3)C2NC(=O)CNC(=O)C(F)(F)F)C(O)[C@@H](O)[C@@H]1O. The summed E-state index contributed by atoms with van der Waals surface area (Å²) in [5.41, 5.74) is -1.72. The lowest BCUT2D eigenvalue weighted by atomic mass is 9.85. The maximum atomic E-state index is 14.0. The van der Waals surface area contributed by atoms with Gasteiger partial charge < -0.3 is 74.9 Å². The molecule has 25 heteroatoms. The number of ether oxygens (including phenoxy) is 6. The Hall–Kier alpha value is -4.83. The lowest BCUT2D eigenvalue weighted by Gasteiger charge is -2.48. The van der Waals surface area contributed by atoms with E-state index in [1.807, 2.05) is 4.98 Å². The molecule has 22 nitrogen and oxygen atoms in total. The number of H-pyrrole nitrogens is 2. The van der Waals surface area contributed by atoms with Crippen LogP contribution in [0.2, 0.25) is 0 Å². The Labute approximate surface area is 386 Å². The summed E-state index contributed by atoms with van der Waals surface area (Å²) in [4.78, 5) is 81.0. The van der Waals surface area contributed by atoms with Crippen LogP contribution in [-0.2, 0) is 49.4 Å². The summed E-state index contributed by atoms with van der Waals surface area (Å²) in [6.45, 7) is -0.953. The fourth-order valence-electron chi connectivity index (χ4n) is 8.84. The molecule has 2 aliphatic heterocycles. The van der Waals surface area contributed by atoms with Gasteiger partial charge in [0.1, 0.15) is 61.1 Å². The Morgan fingerprint density at radius 1 is 0.838 bits per heavy atom. The van der Waals surface area contributed by atoms with E-state index < -0.39 is 146 Å². The molecule has 1 aromatic carbocycles. The van der Waals surface area contributed by atoms with Crippen LogP contribution >= 0.6 is 0 Å². The summed E-state index contributed by atoms with van der Waals surface area (Å²) in [6, 6.07) is 6.60. The number of hydrogen-bond acceptors (Lipinski definition) is 17. The van der Waals surface area contributed by atoms with Crippen molar-refractivity contribution in [1.82, 2.24) is 25.9 Å². The number of aromatic amines is 2. The van der Waals surface area contributed by atoms with E-state index in [1.165, 1.54) is 12.2 Å². The molecule has 378 valence electrons. The second-order valence-electron chi connectivity index (χ2n) is 17.4. The number of benzene rings is 1. The van der Waals surface area contributed by atoms with Crippen molar-refractivity contribution in [3.63, 3.8) is 0 Å². The number of nitrogens with one attached hydrogen (secondary N) is 5. The zero-order chi connectivity index (χ0) is 49.3. The molecule has 2 aromatic rings. The average molecular weight is 974 g/mol. The number of carbonyl (C=O) groups excluding carboxylic acids is 4. The van der Waals surface area contributed by atoms with Crippen molar-refractivity contribution in [2.24, 2.45) is 5.92 Å². The van der Waals surface area contributed by atoms with Gasteiger partial charge in [-0.1, -0.05) is 62.4 Å². The van der Waals surface area contributed by atoms with E-state index in [9.17, 15) is 67.5 Å². The normalized spacial score (nSPS) is 31.8. The highest BCUT2D eigenvalue weighted by Gasteiger charge is 2.52. The standard InChI is InChI=1S/C43H58F3N5O17/c1-20-31(55)33(57)34(58)40(64-20)68-35-23(48-37(59)24-16-28(53)51-42(62)49-24)13-8-14-25(35)66-39-30(50-29(54)17-47-41(61)43(44,45)46)36(32(56)27(18-52)67-39)65-26(15-21-9-4-2-5-10-21)38(60)63-19-22-11-6-3-7-12-22/h3,6-7,11-12,16,20-21,23,25-27,30-36,39-40,52,55-58H,2,4-5,8-10,13-15,17-19H2,1H3,(H,47,61)(H,48,59)(H,50,54)(H2,49,51,53,62)/t20?,23?,25-,26+,27+,30?,31-,32+,33+,34?,35-,36?,39-,40+/m1/s1.